The molecule has 6 heteroatoms. The molecule has 0 aliphatic rings. The molecule has 2 N–H and O–H groups in total. The average Bonchev–Trinajstić information content (AvgIpc) is 2.65. The maximum atomic E-state index is 6.20. The second-order valence-corrected chi connectivity index (χ2v) is 5.12. The molecule has 1 unspecified atom stereocenters. The van der Waals surface area contributed by atoms with Gasteiger partial charge >= 0.3 is 0 Å². The van der Waals surface area contributed by atoms with Crippen molar-refractivity contribution >= 4 is 15.9 Å². The van der Waals surface area contributed by atoms with Crippen molar-refractivity contribution in [2.45, 2.75) is 45.9 Å². The van der Waals surface area contributed by atoms with Gasteiger partial charge in [-0.05, 0) is 36.2 Å². The van der Waals surface area contributed by atoms with Crippen molar-refractivity contribution in [3.8, 4) is 0 Å². The van der Waals surface area contributed by atoms with E-state index in [1.165, 1.54) is 0 Å². The Balaban J connectivity index is 2.79. The van der Waals surface area contributed by atoms with Crippen LogP contribution in [0.1, 0.15) is 32.2 Å². The highest BCUT2D eigenvalue weighted by atomic mass is 79.9. The number of halogens is 1. The number of ether oxygens (including phenoxy) is 2. The zero-order valence-corrected chi connectivity index (χ0v) is 13.7. The van der Waals surface area contributed by atoms with E-state index in [0.29, 0.717) is 19.6 Å². The third-order valence-corrected chi connectivity index (χ3v) is 3.86. The first-order valence-corrected chi connectivity index (χ1v) is 7.53. The minimum atomic E-state index is -0.373. The first-order chi connectivity index (χ1) is 9.04. The summed E-state index contributed by atoms with van der Waals surface area (Å²) in [6.07, 6.45) is 1.18. The fraction of sp³-hybridized carbons (Fsp3) is 0.769. The molecule has 19 heavy (non-hydrogen) atoms. The van der Waals surface area contributed by atoms with Crippen molar-refractivity contribution in [3.63, 3.8) is 0 Å². The van der Waals surface area contributed by atoms with Gasteiger partial charge in [-0.15, -0.1) is 0 Å². The van der Waals surface area contributed by atoms with Crippen LogP contribution in [0.15, 0.2) is 4.47 Å². The Morgan fingerprint density at radius 2 is 1.84 bits per heavy atom. The van der Waals surface area contributed by atoms with Crippen LogP contribution in [0.2, 0.25) is 0 Å². The van der Waals surface area contributed by atoms with Crippen molar-refractivity contribution in [3.05, 3.63) is 15.9 Å². The third-order valence-electron chi connectivity index (χ3n) is 2.94. The zero-order valence-electron chi connectivity index (χ0n) is 12.1. The van der Waals surface area contributed by atoms with Gasteiger partial charge in [0.05, 0.1) is 21.9 Å². The highest BCUT2D eigenvalue weighted by molar-refractivity contribution is 9.10. The molecule has 0 radical (unpaired) electrons. The minimum absolute atomic E-state index is 0.212. The van der Waals surface area contributed by atoms with Gasteiger partial charge in [-0.25, -0.2) is 0 Å². The molecular formula is C13H24BrN3O2. The summed E-state index contributed by atoms with van der Waals surface area (Å²) in [7, 11) is 1.93. The van der Waals surface area contributed by atoms with Crippen LogP contribution < -0.4 is 5.73 Å². The van der Waals surface area contributed by atoms with E-state index >= 15 is 0 Å². The average molecular weight is 334 g/mol. The highest BCUT2D eigenvalue weighted by Gasteiger charge is 2.22. The molecule has 110 valence electrons. The molecule has 0 saturated carbocycles. The topological polar surface area (TPSA) is 62.3 Å². The summed E-state index contributed by atoms with van der Waals surface area (Å²) in [5.41, 5.74) is 8.33. The molecule has 0 saturated heterocycles. The zero-order chi connectivity index (χ0) is 14.4. The van der Waals surface area contributed by atoms with E-state index < -0.39 is 0 Å². The smallest absolute Gasteiger partial charge is 0.172 e. The van der Waals surface area contributed by atoms with Gasteiger partial charge < -0.3 is 15.2 Å². The molecule has 1 aromatic rings. The van der Waals surface area contributed by atoms with Crippen LogP contribution in [0.25, 0.3) is 0 Å². The van der Waals surface area contributed by atoms with E-state index in [0.717, 1.165) is 22.3 Å². The molecule has 0 bridgehead atoms. The van der Waals surface area contributed by atoms with Crippen molar-refractivity contribution in [1.82, 2.24) is 9.78 Å². The van der Waals surface area contributed by atoms with Crippen molar-refractivity contribution in [2.24, 2.45) is 12.8 Å². The molecule has 1 aromatic heterocycles. The molecule has 0 fully saturated rings. The summed E-state index contributed by atoms with van der Waals surface area (Å²) in [6, 6.07) is -0.212. The fourth-order valence-corrected chi connectivity index (χ4v) is 2.76. The van der Waals surface area contributed by atoms with E-state index in [-0.39, 0.29) is 12.3 Å². The van der Waals surface area contributed by atoms with Crippen LogP contribution in [0, 0.1) is 0 Å². The molecule has 1 rings (SSSR count). The van der Waals surface area contributed by atoms with Crippen molar-refractivity contribution in [2.75, 3.05) is 13.2 Å². The van der Waals surface area contributed by atoms with Gasteiger partial charge in [-0.1, -0.05) is 6.92 Å². The number of rotatable bonds is 8. The Labute approximate surface area is 123 Å². The van der Waals surface area contributed by atoms with Gasteiger partial charge in [0.1, 0.15) is 0 Å². The summed E-state index contributed by atoms with van der Waals surface area (Å²) in [5.74, 6) is 0. The summed E-state index contributed by atoms with van der Waals surface area (Å²) >= 11 is 3.60. The molecular weight excluding hydrogens is 310 g/mol. The van der Waals surface area contributed by atoms with Gasteiger partial charge in [0, 0.05) is 26.7 Å². The second kappa shape index (κ2) is 7.99. The molecule has 0 aromatic carbocycles. The summed E-state index contributed by atoms with van der Waals surface area (Å²) < 4.78 is 14.0. The molecule has 0 aliphatic carbocycles. The molecule has 0 aliphatic heterocycles. The molecule has 0 amide bonds. The number of nitrogens with two attached hydrogens (primary N) is 1. The first kappa shape index (κ1) is 16.6. The number of aryl methyl sites for hydroxylation is 2. The summed E-state index contributed by atoms with van der Waals surface area (Å²) in [5, 5.41) is 4.47. The fourth-order valence-electron chi connectivity index (χ4n) is 1.98. The second-order valence-electron chi connectivity index (χ2n) is 4.33. The number of hydrogen-bond donors (Lipinski definition) is 1. The Bertz CT molecular complexity index is 389. The Hall–Kier alpha value is -0.430. The van der Waals surface area contributed by atoms with Crippen LogP contribution in [-0.4, -0.2) is 35.3 Å². The maximum absolute atomic E-state index is 6.20. The Morgan fingerprint density at radius 3 is 2.26 bits per heavy atom. The van der Waals surface area contributed by atoms with Gasteiger partial charge in [0.15, 0.2) is 6.29 Å². The molecule has 5 nitrogen and oxygen atoms in total. The Morgan fingerprint density at radius 1 is 1.26 bits per heavy atom. The van der Waals surface area contributed by atoms with Crippen LogP contribution in [-0.2, 0) is 29.4 Å². The largest absolute Gasteiger partial charge is 0.351 e. The van der Waals surface area contributed by atoms with Crippen molar-refractivity contribution in [1.29, 1.82) is 0 Å². The molecule has 0 spiro atoms. The summed E-state index contributed by atoms with van der Waals surface area (Å²) in [4.78, 5) is 0. The van der Waals surface area contributed by atoms with Gasteiger partial charge in [0.2, 0.25) is 0 Å². The Kier molecular flexibility index (Phi) is 6.99. The predicted octanol–water partition coefficient (Wildman–Crippen LogP) is 2.01. The van der Waals surface area contributed by atoms with Crippen LogP contribution >= 0.6 is 15.9 Å². The van der Waals surface area contributed by atoms with E-state index in [9.17, 15) is 0 Å². The molecule has 1 atom stereocenters. The lowest BCUT2D eigenvalue weighted by molar-refractivity contribution is -0.148. The third kappa shape index (κ3) is 4.27. The molecule has 1 heterocycles. The SMILES string of the molecule is CCOC(OCC)C(N)Cc1c(Br)c(CC)nn1C. The highest BCUT2D eigenvalue weighted by Crippen LogP contribution is 2.23. The van der Waals surface area contributed by atoms with Crippen molar-refractivity contribution < 1.29 is 9.47 Å². The van der Waals surface area contributed by atoms with Crippen LogP contribution in [0.5, 0.6) is 0 Å². The number of hydrogen-bond acceptors (Lipinski definition) is 4. The maximum Gasteiger partial charge on any atom is 0.172 e. The van der Waals surface area contributed by atoms with E-state index in [4.69, 9.17) is 15.2 Å². The van der Waals surface area contributed by atoms with Crippen LogP contribution in [0.3, 0.4) is 0 Å². The normalized spacial score (nSPS) is 13.2. The summed E-state index contributed by atoms with van der Waals surface area (Å²) in [6.45, 7) is 7.14. The lowest BCUT2D eigenvalue weighted by Gasteiger charge is -2.23. The monoisotopic (exact) mass is 333 g/mol. The van der Waals surface area contributed by atoms with Crippen LogP contribution in [0.4, 0.5) is 0 Å². The van der Waals surface area contributed by atoms with E-state index in [2.05, 4.69) is 28.0 Å². The predicted molar refractivity (Wildman–Crippen MR) is 79.0 cm³/mol. The standard InChI is InChI=1S/C13H24BrN3O2/c1-5-10-12(14)11(17(4)16-10)8-9(15)13(18-6-2)19-7-3/h9,13H,5-8,15H2,1-4H3. The lowest BCUT2D eigenvalue weighted by atomic mass is 10.1. The van der Waals surface area contributed by atoms with Gasteiger partial charge in [0.25, 0.3) is 0 Å². The van der Waals surface area contributed by atoms with Gasteiger partial charge in [-0.3, -0.25) is 4.68 Å². The number of aromatic nitrogens is 2. The van der Waals surface area contributed by atoms with E-state index in [1.54, 1.807) is 0 Å². The first-order valence-electron chi connectivity index (χ1n) is 6.74. The minimum Gasteiger partial charge on any atom is -0.351 e. The lowest BCUT2D eigenvalue weighted by Crippen LogP contribution is -2.41. The van der Waals surface area contributed by atoms with E-state index in [1.807, 2.05) is 25.6 Å². The van der Waals surface area contributed by atoms with Gasteiger partial charge in [-0.2, -0.15) is 5.10 Å². The number of nitrogens with zero attached hydrogens (tertiary/aromatic N) is 2. The quantitative estimate of drug-likeness (QED) is 0.739.